The lowest BCUT2D eigenvalue weighted by Crippen LogP contribution is -2.63. The number of para-hydroxylation sites is 1. The first-order chi connectivity index (χ1) is 12.2. The van der Waals surface area contributed by atoms with Crippen LogP contribution in [0.3, 0.4) is 0 Å². The van der Waals surface area contributed by atoms with Gasteiger partial charge >= 0.3 is 0 Å². The topological polar surface area (TPSA) is 56.0 Å². The van der Waals surface area contributed by atoms with Crippen LogP contribution in [-0.4, -0.2) is 68.1 Å². The smallest absolute Gasteiger partial charge is 0.191 e. The van der Waals surface area contributed by atoms with E-state index in [1.807, 2.05) is 25.2 Å². The van der Waals surface area contributed by atoms with Gasteiger partial charge in [0.2, 0.25) is 0 Å². The molecular weight excluding hydrogens is 441 g/mol. The van der Waals surface area contributed by atoms with Crippen molar-refractivity contribution in [2.45, 2.75) is 19.5 Å². The molecule has 7 heteroatoms. The van der Waals surface area contributed by atoms with E-state index in [4.69, 9.17) is 4.42 Å². The van der Waals surface area contributed by atoms with Gasteiger partial charge < -0.3 is 15.1 Å². The molecule has 1 unspecified atom stereocenters. The van der Waals surface area contributed by atoms with Crippen LogP contribution in [0.5, 0.6) is 0 Å². The molecule has 1 atom stereocenters. The molecule has 142 valence electrons. The first-order valence-corrected chi connectivity index (χ1v) is 9.12. The molecule has 1 aromatic heterocycles. The molecule has 3 fully saturated rings. The molecule has 5 rings (SSSR count). The maximum atomic E-state index is 5.97. The summed E-state index contributed by atoms with van der Waals surface area (Å²) >= 11 is 0. The van der Waals surface area contributed by atoms with E-state index in [2.05, 4.69) is 38.4 Å². The van der Waals surface area contributed by atoms with Gasteiger partial charge in [0, 0.05) is 63.3 Å². The number of piperazine rings is 3. The molecule has 3 aliphatic heterocycles. The van der Waals surface area contributed by atoms with Gasteiger partial charge in [-0.3, -0.25) is 14.8 Å². The molecule has 3 saturated heterocycles. The number of halogens is 1. The van der Waals surface area contributed by atoms with E-state index in [1.165, 1.54) is 37.1 Å². The van der Waals surface area contributed by atoms with Crippen LogP contribution >= 0.6 is 24.0 Å². The van der Waals surface area contributed by atoms with Gasteiger partial charge in [0.05, 0.1) is 6.54 Å². The highest BCUT2D eigenvalue weighted by atomic mass is 127. The van der Waals surface area contributed by atoms with Crippen molar-refractivity contribution in [3.63, 3.8) is 0 Å². The van der Waals surface area contributed by atoms with Crippen molar-refractivity contribution in [2.75, 3.05) is 46.3 Å². The lowest BCUT2D eigenvalue weighted by molar-refractivity contribution is 0.0154. The number of hydrogen-bond donors (Lipinski definition) is 2. The summed E-state index contributed by atoms with van der Waals surface area (Å²) in [5.41, 5.74) is 2.14. The highest BCUT2D eigenvalue weighted by Crippen LogP contribution is 2.24. The second kappa shape index (κ2) is 8.58. The van der Waals surface area contributed by atoms with Crippen LogP contribution in [0, 0.1) is 6.92 Å². The Hall–Kier alpha value is -1.32. The third kappa shape index (κ3) is 3.99. The van der Waals surface area contributed by atoms with Gasteiger partial charge in [0.15, 0.2) is 5.96 Å². The van der Waals surface area contributed by atoms with E-state index >= 15 is 0 Å². The average Bonchev–Trinajstić information content (AvgIpc) is 2.99. The molecular formula is C19H28IN5O. The summed E-state index contributed by atoms with van der Waals surface area (Å²) < 4.78 is 5.97. The van der Waals surface area contributed by atoms with Crippen LogP contribution in [0.1, 0.15) is 11.3 Å². The maximum absolute atomic E-state index is 5.97. The fourth-order valence-corrected chi connectivity index (χ4v) is 3.91. The van der Waals surface area contributed by atoms with Crippen molar-refractivity contribution >= 4 is 40.9 Å². The number of benzene rings is 1. The van der Waals surface area contributed by atoms with Crippen molar-refractivity contribution < 1.29 is 4.42 Å². The predicted octanol–water partition coefficient (Wildman–Crippen LogP) is 2.02. The number of furan rings is 1. The Balaban J connectivity index is 0.00000196. The zero-order chi connectivity index (χ0) is 17.2. The van der Waals surface area contributed by atoms with Crippen LogP contribution in [0.4, 0.5) is 0 Å². The number of fused-ring (bicyclic) bond motifs is 4. The molecule has 3 aliphatic rings. The molecule has 0 amide bonds. The molecule has 2 bridgehead atoms. The summed E-state index contributed by atoms with van der Waals surface area (Å²) in [6, 6.07) is 8.75. The molecule has 4 heterocycles. The lowest BCUT2D eigenvalue weighted by atomic mass is 10.1. The number of aryl methyl sites for hydroxylation is 1. The summed E-state index contributed by atoms with van der Waals surface area (Å²) in [5, 5.41) is 8.04. The zero-order valence-electron chi connectivity index (χ0n) is 15.5. The highest BCUT2D eigenvalue weighted by molar-refractivity contribution is 14.0. The molecule has 6 nitrogen and oxygen atoms in total. The first kappa shape index (κ1) is 19.4. The minimum Gasteiger partial charge on any atom is -0.459 e. The van der Waals surface area contributed by atoms with Crippen LogP contribution < -0.4 is 10.6 Å². The van der Waals surface area contributed by atoms with E-state index in [1.54, 1.807) is 0 Å². The molecule has 2 N–H and O–H groups in total. The SMILES string of the molecule is CN=C(NCc1oc2ccccc2c1C)NCC1CN2CCN1CC2.I. The molecule has 2 aromatic rings. The Bertz CT molecular complexity index is 766. The second-order valence-electron chi connectivity index (χ2n) is 6.94. The maximum Gasteiger partial charge on any atom is 0.191 e. The van der Waals surface area contributed by atoms with Gasteiger partial charge in [-0.1, -0.05) is 18.2 Å². The first-order valence-electron chi connectivity index (χ1n) is 9.12. The van der Waals surface area contributed by atoms with Crippen molar-refractivity contribution in [1.82, 2.24) is 20.4 Å². The van der Waals surface area contributed by atoms with Crippen LogP contribution in [0.15, 0.2) is 33.7 Å². The van der Waals surface area contributed by atoms with Crippen molar-refractivity contribution in [3.8, 4) is 0 Å². The predicted molar refractivity (Wildman–Crippen MR) is 116 cm³/mol. The van der Waals surface area contributed by atoms with Crippen molar-refractivity contribution in [1.29, 1.82) is 0 Å². The number of rotatable bonds is 4. The van der Waals surface area contributed by atoms with E-state index in [9.17, 15) is 0 Å². The van der Waals surface area contributed by atoms with Crippen molar-refractivity contribution in [3.05, 3.63) is 35.6 Å². The Kier molecular flexibility index (Phi) is 6.42. The van der Waals surface area contributed by atoms with Crippen LogP contribution in [0.25, 0.3) is 11.0 Å². The van der Waals surface area contributed by atoms with Gasteiger partial charge in [-0.2, -0.15) is 0 Å². The fraction of sp³-hybridized carbons (Fsp3) is 0.526. The zero-order valence-corrected chi connectivity index (χ0v) is 17.8. The Morgan fingerprint density at radius 2 is 1.96 bits per heavy atom. The monoisotopic (exact) mass is 469 g/mol. The van der Waals surface area contributed by atoms with Gasteiger partial charge in [-0.15, -0.1) is 24.0 Å². The summed E-state index contributed by atoms with van der Waals surface area (Å²) in [6.07, 6.45) is 0. The van der Waals surface area contributed by atoms with Crippen molar-refractivity contribution in [2.24, 2.45) is 4.99 Å². The number of hydrogen-bond acceptors (Lipinski definition) is 4. The minimum atomic E-state index is 0. The summed E-state index contributed by atoms with van der Waals surface area (Å²) in [6.45, 7) is 9.65. The number of nitrogens with zero attached hydrogens (tertiary/aromatic N) is 3. The lowest BCUT2D eigenvalue weighted by Gasteiger charge is -2.47. The summed E-state index contributed by atoms with van der Waals surface area (Å²) in [4.78, 5) is 9.50. The summed E-state index contributed by atoms with van der Waals surface area (Å²) in [5.74, 6) is 1.80. The summed E-state index contributed by atoms with van der Waals surface area (Å²) in [7, 11) is 1.82. The van der Waals surface area contributed by atoms with E-state index in [0.717, 1.165) is 30.4 Å². The van der Waals surface area contributed by atoms with Gasteiger partial charge in [-0.25, -0.2) is 0 Å². The molecule has 26 heavy (non-hydrogen) atoms. The number of aliphatic imine (C=N–C) groups is 1. The third-order valence-corrected chi connectivity index (χ3v) is 5.48. The average molecular weight is 469 g/mol. The van der Waals surface area contributed by atoms with Gasteiger partial charge in [0.25, 0.3) is 0 Å². The quantitative estimate of drug-likeness (QED) is 0.408. The molecule has 0 spiro atoms. The minimum absolute atomic E-state index is 0. The standard InChI is InChI=1S/C19H27N5O.HI/c1-14-16-5-3-4-6-17(16)25-18(14)12-22-19(20-2)21-11-15-13-23-7-9-24(15)10-8-23;/h3-6,15H,7-13H2,1-2H3,(H2,20,21,22);1H. The Labute approximate surface area is 172 Å². The van der Waals surface area contributed by atoms with Gasteiger partial charge in [-0.05, 0) is 13.0 Å². The number of nitrogens with one attached hydrogen (secondary N) is 2. The van der Waals surface area contributed by atoms with E-state index in [0.29, 0.717) is 12.6 Å². The molecule has 0 radical (unpaired) electrons. The third-order valence-electron chi connectivity index (χ3n) is 5.48. The van der Waals surface area contributed by atoms with E-state index < -0.39 is 0 Å². The molecule has 1 aromatic carbocycles. The normalized spacial score (nSPS) is 25.2. The second-order valence-corrected chi connectivity index (χ2v) is 6.94. The van der Waals surface area contributed by atoms with Gasteiger partial charge in [0.1, 0.15) is 11.3 Å². The Morgan fingerprint density at radius 1 is 1.19 bits per heavy atom. The highest BCUT2D eigenvalue weighted by Gasteiger charge is 2.31. The number of guanidine groups is 1. The van der Waals surface area contributed by atoms with Crippen LogP contribution in [-0.2, 0) is 6.54 Å². The fourth-order valence-electron chi connectivity index (χ4n) is 3.91. The van der Waals surface area contributed by atoms with E-state index in [-0.39, 0.29) is 24.0 Å². The Morgan fingerprint density at radius 3 is 2.62 bits per heavy atom. The van der Waals surface area contributed by atoms with Crippen LogP contribution in [0.2, 0.25) is 0 Å². The molecule has 0 saturated carbocycles. The molecule has 0 aliphatic carbocycles. The largest absolute Gasteiger partial charge is 0.459 e.